The smallest absolute Gasteiger partial charge is 0.257 e. The molecule has 0 aliphatic carbocycles. The lowest BCUT2D eigenvalue weighted by Crippen LogP contribution is -2.08. The molecular weight excluding hydrogens is 244 g/mol. The summed E-state index contributed by atoms with van der Waals surface area (Å²) < 4.78 is 0. The number of rotatable bonds is 2. The number of hydrogen-bond acceptors (Lipinski definition) is 3. The lowest BCUT2D eigenvalue weighted by molar-refractivity contribution is 1.07. The first-order valence-electron chi connectivity index (χ1n) is 5.68. The second-order valence-corrected chi connectivity index (χ2v) is 5.06. The molecule has 18 heavy (non-hydrogen) atoms. The standard InChI is InChI=1S/C14H12N2OS/c15-8-9-3-4-12-10(6-9)7-11(14(17)16-12)13-2-1-5-18-13/h1-7H,8,15H2,(H,16,17). The van der Waals surface area contributed by atoms with E-state index in [1.165, 1.54) is 0 Å². The fourth-order valence-corrected chi connectivity index (χ4v) is 2.74. The molecule has 0 aliphatic rings. The van der Waals surface area contributed by atoms with Gasteiger partial charge < -0.3 is 10.7 Å². The fourth-order valence-electron chi connectivity index (χ4n) is 2.00. The van der Waals surface area contributed by atoms with Crippen molar-refractivity contribution in [3.8, 4) is 10.4 Å². The van der Waals surface area contributed by atoms with Gasteiger partial charge in [0.15, 0.2) is 0 Å². The zero-order valence-corrected chi connectivity index (χ0v) is 10.5. The molecule has 0 spiro atoms. The van der Waals surface area contributed by atoms with E-state index < -0.39 is 0 Å². The number of nitrogens with two attached hydrogens (primary N) is 1. The molecule has 0 saturated heterocycles. The number of aromatic amines is 1. The van der Waals surface area contributed by atoms with Crippen LogP contribution in [0.4, 0.5) is 0 Å². The molecule has 0 radical (unpaired) electrons. The number of benzene rings is 1. The molecule has 4 heteroatoms. The van der Waals surface area contributed by atoms with Crippen molar-refractivity contribution in [2.45, 2.75) is 6.54 Å². The van der Waals surface area contributed by atoms with E-state index in [4.69, 9.17) is 5.73 Å². The van der Waals surface area contributed by atoms with Gasteiger partial charge in [0.2, 0.25) is 0 Å². The van der Waals surface area contributed by atoms with E-state index >= 15 is 0 Å². The molecular formula is C14H12N2OS. The molecule has 3 N–H and O–H groups in total. The SMILES string of the molecule is NCc1ccc2[nH]c(=O)c(-c3cccs3)cc2c1. The number of H-pyrrole nitrogens is 1. The first-order chi connectivity index (χ1) is 8.78. The van der Waals surface area contributed by atoms with Crippen LogP contribution in [-0.2, 0) is 6.54 Å². The minimum absolute atomic E-state index is 0.0505. The van der Waals surface area contributed by atoms with Crippen LogP contribution in [0.3, 0.4) is 0 Å². The summed E-state index contributed by atoms with van der Waals surface area (Å²) in [6, 6.07) is 11.7. The van der Waals surface area contributed by atoms with Crippen LogP contribution < -0.4 is 11.3 Å². The van der Waals surface area contributed by atoms with E-state index in [1.54, 1.807) is 11.3 Å². The largest absolute Gasteiger partial charge is 0.326 e. The summed E-state index contributed by atoms with van der Waals surface area (Å²) in [6.45, 7) is 0.503. The molecule has 0 amide bonds. The minimum Gasteiger partial charge on any atom is -0.326 e. The van der Waals surface area contributed by atoms with E-state index in [1.807, 2.05) is 41.8 Å². The maximum Gasteiger partial charge on any atom is 0.257 e. The highest BCUT2D eigenvalue weighted by Gasteiger charge is 2.06. The third kappa shape index (κ3) is 1.85. The number of nitrogens with one attached hydrogen (secondary N) is 1. The summed E-state index contributed by atoms with van der Waals surface area (Å²) in [7, 11) is 0. The van der Waals surface area contributed by atoms with Crippen molar-refractivity contribution in [1.82, 2.24) is 4.98 Å². The summed E-state index contributed by atoms with van der Waals surface area (Å²) in [6.07, 6.45) is 0. The van der Waals surface area contributed by atoms with Crippen LogP contribution in [0.5, 0.6) is 0 Å². The second kappa shape index (κ2) is 4.40. The monoisotopic (exact) mass is 256 g/mol. The van der Waals surface area contributed by atoms with Crippen molar-refractivity contribution in [1.29, 1.82) is 0 Å². The number of fused-ring (bicyclic) bond motifs is 1. The first kappa shape index (κ1) is 11.2. The van der Waals surface area contributed by atoms with E-state index in [0.29, 0.717) is 12.1 Å². The molecule has 2 aromatic heterocycles. The number of hydrogen-bond donors (Lipinski definition) is 2. The summed E-state index contributed by atoms with van der Waals surface area (Å²) >= 11 is 1.56. The molecule has 0 bridgehead atoms. The zero-order valence-electron chi connectivity index (χ0n) is 9.64. The molecule has 3 nitrogen and oxygen atoms in total. The number of aromatic nitrogens is 1. The van der Waals surface area contributed by atoms with Crippen LogP contribution >= 0.6 is 11.3 Å². The van der Waals surface area contributed by atoms with Gasteiger partial charge in [0, 0.05) is 16.9 Å². The molecule has 0 aliphatic heterocycles. The van der Waals surface area contributed by atoms with Crippen molar-refractivity contribution >= 4 is 22.2 Å². The Morgan fingerprint density at radius 3 is 2.83 bits per heavy atom. The molecule has 2 heterocycles. The molecule has 3 aromatic rings. The normalized spacial score (nSPS) is 10.9. The highest BCUT2D eigenvalue weighted by molar-refractivity contribution is 7.13. The Hall–Kier alpha value is -1.91. The van der Waals surface area contributed by atoms with Gasteiger partial charge in [0.25, 0.3) is 5.56 Å². The Morgan fingerprint density at radius 1 is 1.22 bits per heavy atom. The Labute approximate surface area is 108 Å². The number of pyridine rings is 1. The first-order valence-corrected chi connectivity index (χ1v) is 6.56. The molecule has 0 saturated carbocycles. The van der Waals surface area contributed by atoms with Gasteiger partial charge in [-0.1, -0.05) is 12.1 Å². The third-order valence-corrected chi connectivity index (χ3v) is 3.83. The van der Waals surface area contributed by atoms with Gasteiger partial charge in [-0.15, -0.1) is 11.3 Å². The fraction of sp³-hybridized carbons (Fsp3) is 0.0714. The van der Waals surface area contributed by atoms with Crippen LogP contribution in [0.15, 0.2) is 46.6 Å². The maximum absolute atomic E-state index is 12.0. The van der Waals surface area contributed by atoms with E-state index in [0.717, 1.165) is 21.3 Å². The number of thiophene rings is 1. The van der Waals surface area contributed by atoms with Crippen LogP contribution in [0.2, 0.25) is 0 Å². The highest BCUT2D eigenvalue weighted by Crippen LogP contribution is 2.24. The quantitative estimate of drug-likeness (QED) is 0.740. The second-order valence-electron chi connectivity index (χ2n) is 4.12. The van der Waals surface area contributed by atoms with Crippen LogP contribution in [0, 0.1) is 0 Å². The van der Waals surface area contributed by atoms with Crippen molar-refractivity contribution in [2.24, 2.45) is 5.73 Å². The van der Waals surface area contributed by atoms with Gasteiger partial charge in [-0.25, -0.2) is 0 Å². The molecule has 0 unspecified atom stereocenters. The average Bonchev–Trinajstić information content (AvgIpc) is 2.91. The summed E-state index contributed by atoms with van der Waals surface area (Å²) in [5.74, 6) is 0. The predicted octanol–water partition coefficient (Wildman–Crippen LogP) is 2.72. The average molecular weight is 256 g/mol. The van der Waals surface area contributed by atoms with Gasteiger partial charge >= 0.3 is 0 Å². The van der Waals surface area contributed by atoms with Gasteiger partial charge in [0.1, 0.15) is 0 Å². The van der Waals surface area contributed by atoms with Crippen molar-refractivity contribution in [3.63, 3.8) is 0 Å². The van der Waals surface area contributed by atoms with E-state index in [9.17, 15) is 4.79 Å². The lowest BCUT2D eigenvalue weighted by atomic mass is 10.1. The highest BCUT2D eigenvalue weighted by atomic mass is 32.1. The van der Waals surface area contributed by atoms with E-state index in [-0.39, 0.29) is 5.56 Å². The summed E-state index contributed by atoms with van der Waals surface area (Å²) in [4.78, 5) is 15.9. The van der Waals surface area contributed by atoms with Gasteiger partial charge in [-0.3, -0.25) is 4.79 Å². The Bertz CT molecular complexity index is 744. The van der Waals surface area contributed by atoms with Crippen LogP contribution in [0.25, 0.3) is 21.3 Å². The Kier molecular flexibility index (Phi) is 2.74. The minimum atomic E-state index is -0.0505. The molecule has 0 atom stereocenters. The van der Waals surface area contributed by atoms with Crippen molar-refractivity contribution in [2.75, 3.05) is 0 Å². The van der Waals surface area contributed by atoms with Gasteiger partial charge in [0.05, 0.1) is 5.56 Å². The summed E-state index contributed by atoms with van der Waals surface area (Å²) in [5, 5.41) is 2.98. The van der Waals surface area contributed by atoms with Crippen molar-refractivity contribution in [3.05, 3.63) is 57.7 Å². The molecule has 3 rings (SSSR count). The maximum atomic E-state index is 12.0. The van der Waals surface area contributed by atoms with E-state index in [2.05, 4.69) is 4.98 Å². The Balaban J connectivity index is 2.28. The van der Waals surface area contributed by atoms with Gasteiger partial charge in [-0.05, 0) is 40.6 Å². The van der Waals surface area contributed by atoms with Gasteiger partial charge in [-0.2, -0.15) is 0 Å². The van der Waals surface area contributed by atoms with Crippen LogP contribution in [0.1, 0.15) is 5.56 Å². The Morgan fingerprint density at radius 2 is 2.11 bits per heavy atom. The predicted molar refractivity (Wildman–Crippen MR) is 75.8 cm³/mol. The van der Waals surface area contributed by atoms with Crippen molar-refractivity contribution < 1.29 is 0 Å². The summed E-state index contributed by atoms with van der Waals surface area (Å²) in [5.41, 5.74) is 8.20. The van der Waals surface area contributed by atoms with Crippen LogP contribution in [-0.4, -0.2) is 4.98 Å². The molecule has 0 fully saturated rings. The molecule has 1 aromatic carbocycles. The zero-order chi connectivity index (χ0) is 12.5. The lowest BCUT2D eigenvalue weighted by Gasteiger charge is -2.03. The third-order valence-electron chi connectivity index (χ3n) is 2.93. The molecule has 90 valence electrons. The topological polar surface area (TPSA) is 58.9 Å².